The van der Waals surface area contributed by atoms with Gasteiger partial charge in [0.05, 0.1) is 10.7 Å². The van der Waals surface area contributed by atoms with Crippen molar-refractivity contribution >= 4 is 28.9 Å². The van der Waals surface area contributed by atoms with E-state index in [1.165, 1.54) is 12.1 Å². The Morgan fingerprint density at radius 2 is 2.19 bits per heavy atom. The highest BCUT2D eigenvalue weighted by Crippen LogP contribution is 2.24. The van der Waals surface area contributed by atoms with E-state index in [4.69, 9.17) is 11.6 Å². The van der Waals surface area contributed by atoms with Gasteiger partial charge in [0.25, 0.3) is 0 Å². The number of guanidine groups is 1. The van der Waals surface area contributed by atoms with Crippen LogP contribution in [0, 0.1) is 0 Å². The van der Waals surface area contributed by atoms with Crippen molar-refractivity contribution < 1.29 is 13.5 Å². The van der Waals surface area contributed by atoms with E-state index in [1.54, 1.807) is 24.5 Å². The topological polar surface area (TPSA) is 58.5 Å². The van der Waals surface area contributed by atoms with E-state index in [1.807, 2.05) is 0 Å². The summed E-state index contributed by atoms with van der Waals surface area (Å²) in [4.78, 5) is 8.63. The predicted molar refractivity (Wildman–Crippen MR) is 101 cm³/mol. The molecule has 0 aliphatic heterocycles. The molecule has 9 heteroatoms. The van der Waals surface area contributed by atoms with Crippen LogP contribution in [-0.2, 0) is 19.4 Å². The molecule has 0 saturated carbocycles. The molecule has 0 saturated heterocycles. The van der Waals surface area contributed by atoms with Gasteiger partial charge in [-0.3, -0.25) is 4.99 Å². The Balaban J connectivity index is 1.87. The van der Waals surface area contributed by atoms with Crippen molar-refractivity contribution in [3.05, 3.63) is 44.9 Å². The summed E-state index contributed by atoms with van der Waals surface area (Å²) >= 11 is 7.60. The Kier molecular flexibility index (Phi) is 8.06. The number of aryl methyl sites for hydroxylation is 1. The van der Waals surface area contributed by atoms with Crippen LogP contribution in [0.1, 0.15) is 23.2 Å². The molecule has 0 aliphatic rings. The Morgan fingerprint density at radius 3 is 2.85 bits per heavy atom. The zero-order chi connectivity index (χ0) is 18.9. The van der Waals surface area contributed by atoms with Gasteiger partial charge in [-0.2, -0.15) is 8.78 Å². The van der Waals surface area contributed by atoms with Gasteiger partial charge in [-0.25, -0.2) is 4.98 Å². The summed E-state index contributed by atoms with van der Waals surface area (Å²) in [6.45, 7) is 0.0918. The lowest BCUT2D eigenvalue weighted by Crippen LogP contribution is -2.38. The number of hydrogen-bond donors (Lipinski definition) is 2. The number of ether oxygens (including phenoxy) is 1. The molecule has 0 bridgehead atoms. The molecular formula is C17H21ClF2N4OS. The van der Waals surface area contributed by atoms with Crippen LogP contribution in [0.15, 0.2) is 28.6 Å². The van der Waals surface area contributed by atoms with E-state index >= 15 is 0 Å². The van der Waals surface area contributed by atoms with Crippen molar-refractivity contribution in [2.75, 3.05) is 13.6 Å². The molecule has 0 amide bonds. The maximum absolute atomic E-state index is 12.5. The SMILES string of the molecule is CCc1nc(CCNC(=NC)NCc2cc(Cl)ccc2OC(F)F)cs1. The molecule has 0 radical (unpaired) electrons. The van der Waals surface area contributed by atoms with Crippen LogP contribution in [0.2, 0.25) is 5.02 Å². The molecule has 0 fully saturated rings. The van der Waals surface area contributed by atoms with Gasteiger partial charge in [-0.05, 0) is 24.6 Å². The zero-order valence-electron chi connectivity index (χ0n) is 14.6. The average molecular weight is 403 g/mol. The summed E-state index contributed by atoms with van der Waals surface area (Å²) < 4.78 is 29.5. The zero-order valence-corrected chi connectivity index (χ0v) is 16.1. The van der Waals surface area contributed by atoms with Gasteiger partial charge in [0.2, 0.25) is 0 Å². The Labute approximate surface area is 160 Å². The molecule has 1 aromatic heterocycles. The van der Waals surface area contributed by atoms with Gasteiger partial charge in [0.1, 0.15) is 5.75 Å². The number of thiazole rings is 1. The predicted octanol–water partition coefficient (Wildman–Crippen LogP) is 3.87. The van der Waals surface area contributed by atoms with Gasteiger partial charge in [-0.1, -0.05) is 18.5 Å². The molecular weight excluding hydrogens is 382 g/mol. The van der Waals surface area contributed by atoms with Gasteiger partial charge in [-0.15, -0.1) is 11.3 Å². The van der Waals surface area contributed by atoms with Gasteiger partial charge in [0.15, 0.2) is 5.96 Å². The third-order valence-electron chi connectivity index (χ3n) is 3.48. The van der Waals surface area contributed by atoms with E-state index in [0.717, 1.165) is 23.5 Å². The van der Waals surface area contributed by atoms with Crippen LogP contribution in [0.3, 0.4) is 0 Å². The molecule has 26 heavy (non-hydrogen) atoms. The van der Waals surface area contributed by atoms with Crippen molar-refractivity contribution in [1.29, 1.82) is 0 Å². The summed E-state index contributed by atoms with van der Waals surface area (Å²) in [7, 11) is 1.64. The first-order chi connectivity index (χ1) is 12.5. The quantitative estimate of drug-likeness (QED) is 0.520. The molecule has 0 aliphatic carbocycles. The Morgan fingerprint density at radius 1 is 1.38 bits per heavy atom. The van der Waals surface area contributed by atoms with Crippen molar-refractivity contribution in [3.63, 3.8) is 0 Å². The fraction of sp³-hybridized carbons (Fsp3) is 0.412. The number of hydrogen-bond acceptors (Lipinski definition) is 4. The van der Waals surface area contributed by atoms with Crippen molar-refractivity contribution in [2.45, 2.75) is 32.9 Å². The summed E-state index contributed by atoms with van der Waals surface area (Å²) in [5.74, 6) is 0.640. The number of rotatable bonds is 8. The van der Waals surface area contributed by atoms with Crippen LogP contribution >= 0.6 is 22.9 Å². The number of alkyl halides is 2. The lowest BCUT2D eigenvalue weighted by atomic mass is 10.2. The monoisotopic (exact) mass is 402 g/mol. The summed E-state index contributed by atoms with van der Waals surface area (Å²) in [6, 6.07) is 4.52. The van der Waals surface area contributed by atoms with E-state index in [9.17, 15) is 8.78 Å². The highest BCUT2D eigenvalue weighted by molar-refractivity contribution is 7.09. The minimum absolute atomic E-state index is 0.0851. The van der Waals surface area contributed by atoms with Crippen molar-refractivity contribution in [3.8, 4) is 5.75 Å². The van der Waals surface area contributed by atoms with Crippen LogP contribution in [0.4, 0.5) is 8.78 Å². The number of benzene rings is 1. The Hall–Kier alpha value is -1.93. The molecule has 1 heterocycles. The smallest absolute Gasteiger partial charge is 0.387 e. The third kappa shape index (κ3) is 6.42. The van der Waals surface area contributed by atoms with Crippen LogP contribution < -0.4 is 15.4 Å². The normalized spacial score (nSPS) is 11.7. The summed E-state index contributed by atoms with van der Waals surface area (Å²) in [6.07, 6.45) is 1.71. The standard InChI is InChI=1S/C17H21ClF2N4OS/c1-3-15-24-13(10-26-15)6-7-22-17(21-2)23-9-11-8-12(18)4-5-14(11)25-16(19)20/h4-5,8,10,16H,3,6-7,9H2,1-2H3,(H2,21,22,23). The largest absolute Gasteiger partial charge is 0.434 e. The fourth-order valence-electron chi connectivity index (χ4n) is 2.23. The number of halogens is 3. The second kappa shape index (κ2) is 10.3. The van der Waals surface area contributed by atoms with E-state index < -0.39 is 6.61 Å². The molecule has 0 spiro atoms. The van der Waals surface area contributed by atoms with E-state index in [-0.39, 0.29) is 12.3 Å². The summed E-state index contributed by atoms with van der Waals surface area (Å²) in [5.41, 5.74) is 1.56. The number of aliphatic imine (C=N–C) groups is 1. The molecule has 1 aromatic carbocycles. The second-order valence-corrected chi connectivity index (χ2v) is 6.70. The lowest BCUT2D eigenvalue weighted by Gasteiger charge is -2.14. The average Bonchev–Trinajstić information content (AvgIpc) is 3.07. The number of nitrogens with zero attached hydrogens (tertiary/aromatic N) is 2. The molecule has 2 rings (SSSR count). The highest BCUT2D eigenvalue weighted by atomic mass is 35.5. The van der Waals surface area contributed by atoms with Crippen molar-refractivity contribution in [2.24, 2.45) is 4.99 Å². The number of nitrogens with one attached hydrogen (secondary N) is 2. The van der Waals surface area contributed by atoms with Gasteiger partial charge < -0.3 is 15.4 Å². The maximum Gasteiger partial charge on any atom is 0.387 e. The van der Waals surface area contributed by atoms with Crippen LogP contribution in [-0.4, -0.2) is 31.1 Å². The van der Waals surface area contributed by atoms with Gasteiger partial charge >= 0.3 is 6.61 Å². The molecule has 0 unspecified atom stereocenters. The first-order valence-electron chi connectivity index (χ1n) is 8.12. The van der Waals surface area contributed by atoms with E-state index in [2.05, 4.69) is 37.7 Å². The molecule has 142 valence electrons. The summed E-state index contributed by atoms with van der Waals surface area (Å²) in [5, 5.41) is 9.86. The molecule has 2 aromatic rings. The minimum Gasteiger partial charge on any atom is -0.434 e. The lowest BCUT2D eigenvalue weighted by molar-refractivity contribution is -0.0504. The molecule has 5 nitrogen and oxygen atoms in total. The second-order valence-electron chi connectivity index (χ2n) is 5.32. The first kappa shape index (κ1) is 20.4. The molecule has 2 N–H and O–H groups in total. The van der Waals surface area contributed by atoms with Crippen LogP contribution in [0.5, 0.6) is 5.75 Å². The Bertz CT molecular complexity index is 739. The minimum atomic E-state index is -2.89. The fourth-order valence-corrected chi connectivity index (χ4v) is 3.21. The van der Waals surface area contributed by atoms with Crippen LogP contribution in [0.25, 0.3) is 0 Å². The highest BCUT2D eigenvalue weighted by Gasteiger charge is 2.11. The number of aromatic nitrogens is 1. The van der Waals surface area contributed by atoms with Crippen molar-refractivity contribution in [1.82, 2.24) is 15.6 Å². The van der Waals surface area contributed by atoms with Gasteiger partial charge in [0, 0.05) is 42.5 Å². The molecule has 0 atom stereocenters. The third-order valence-corrected chi connectivity index (χ3v) is 4.76. The van der Waals surface area contributed by atoms with E-state index in [0.29, 0.717) is 23.1 Å². The first-order valence-corrected chi connectivity index (χ1v) is 9.38. The maximum atomic E-state index is 12.5.